The molecule has 0 heterocycles. The van der Waals surface area contributed by atoms with E-state index in [-0.39, 0.29) is 13.4 Å². The zero-order chi connectivity index (χ0) is 62.0. The number of hydrogen-bond acceptors (Lipinski definition) is 23. The van der Waals surface area contributed by atoms with Gasteiger partial charge >= 0.3 is 43.5 Å². The summed E-state index contributed by atoms with van der Waals surface area (Å²) in [7, 11) is -9.33. The molecular weight excluding hydrogens is 1130 g/mol. The zero-order valence-corrected chi connectivity index (χ0v) is 47.8. The summed E-state index contributed by atoms with van der Waals surface area (Å²) in [5.41, 5.74) is 11.8. The van der Waals surface area contributed by atoms with Crippen LogP contribution in [0.25, 0.3) is 4.98 Å². The lowest BCUT2D eigenvalue weighted by atomic mass is 10.2. The number of aliphatic hydroxyl groups is 1. The molecule has 25 nitrogen and oxygen atoms in total. The molecule has 0 aliphatic rings. The van der Waals surface area contributed by atoms with Gasteiger partial charge in [-0.05, 0) is 93.6 Å². The van der Waals surface area contributed by atoms with E-state index in [0.717, 1.165) is 48.9 Å². The molecule has 0 saturated heterocycles. The van der Waals surface area contributed by atoms with Crippen LogP contribution in [-0.2, 0) is 50.8 Å². The fraction of sp³-hybridized carbons (Fsp3) is 0.241. The van der Waals surface area contributed by atoms with Crippen molar-refractivity contribution in [3.8, 4) is 0 Å². The predicted octanol–water partition coefficient (Wildman–Crippen LogP) is 9.38. The summed E-state index contributed by atoms with van der Waals surface area (Å²) < 4.78 is 91.2. The number of likely N-dealkylation sites (N-methyl/N-ethyl adjacent to an activating group) is 3. The fourth-order valence-corrected chi connectivity index (χ4v) is 5.74. The number of benzene rings is 6. The number of para-hydroxylation sites is 3. The summed E-state index contributed by atoms with van der Waals surface area (Å²) in [5.74, 6) is -0.400. The number of nitrogen functional groups attached to an aromatic ring is 1. The molecule has 442 valence electrons. The quantitative estimate of drug-likeness (QED) is 0.00612. The van der Waals surface area contributed by atoms with Crippen LogP contribution in [0.2, 0.25) is 0 Å². The normalized spacial score (nSPS) is 8.96. The van der Waals surface area contributed by atoms with Gasteiger partial charge in [-0.15, -0.1) is 42.8 Å². The molecule has 0 aliphatic heterocycles. The van der Waals surface area contributed by atoms with Gasteiger partial charge < -0.3 is 45.0 Å². The first kappa shape index (κ1) is 76.7. The molecule has 0 atom stereocenters. The standard InChI is InChI=1S/C19H21N3O2.C13H19NO2.C10H15NO.C6H5N2.C6H7N.HNO2.3O3S/c1-3-19(23)24-15-14-22(4-2)18-12-10-17(11-13-18)21-20-16-8-6-5-7-9-16;1-3-14(10-11-16-12-15-4-2)13-8-6-5-7-9-13;1-2-11(8-9-12)10-6-4-3-5-7-10;7-8-6-4-2-1-3-5-6;7-6-4-2-1-3-5-6;2-1-3;3*1-4(2)3/h3,5-13H,1,4,14-15H2,2H3;4-9H,2-3,10-12H2,1H3;3-7,12H,2,8-9H2,1H3;1-5H;1-5H,7H2;(H,2,3);;;/q;;;+1;;;;;. The Bertz CT molecular complexity index is 2910. The smallest absolute Gasteiger partial charge is 0.425 e. The molecule has 0 spiro atoms. The van der Waals surface area contributed by atoms with Crippen LogP contribution in [0.3, 0.4) is 0 Å². The van der Waals surface area contributed by atoms with Crippen molar-refractivity contribution in [3.63, 3.8) is 0 Å². The third-order valence-corrected chi connectivity index (χ3v) is 9.23. The van der Waals surface area contributed by atoms with E-state index in [0.29, 0.717) is 32.0 Å². The van der Waals surface area contributed by atoms with Crippen LogP contribution in [-0.4, -0.2) is 120 Å². The minimum atomic E-state index is -3.11. The number of anilines is 4. The molecule has 0 saturated carbocycles. The molecule has 82 heavy (non-hydrogen) atoms. The number of azo groups is 1. The van der Waals surface area contributed by atoms with Gasteiger partial charge in [0.05, 0.1) is 37.4 Å². The minimum Gasteiger partial charge on any atom is -0.476 e. The summed E-state index contributed by atoms with van der Waals surface area (Å²) in [6, 6.07) is 56.3. The van der Waals surface area contributed by atoms with Crippen molar-refractivity contribution < 1.29 is 67.2 Å². The van der Waals surface area contributed by atoms with Crippen molar-refractivity contribution in [1.82, 2.24) is 0 Å². The third-order valence-electron chi connectivity index (χ3n) is 9.23. The second-order valence-electron chi connectivity index (χ2n) is 14.5. The lowest BCUT2D eigenvalue weighted by Gasteiger charge is -2.22. The maximum absolute atomic E-state index is 11.1. The molecule has 6 rings (SSSR count). The van der Waals surface area contributed by atoms with Crippen LogP contribution < -0.4 is 20.4 Å². The average molecular weight is 1200 g/mol. The SMILES string of the molecule is C=CC(=O)OCCN(CC)c1ccc(N=Nc2ccccc2)cc1.C=COCOCCN(CC)c1ccccc1.CCN(CCO)c1ccccc1.N#[N+]c1ccccc1.Nc1ccccc1.O=NO.O=S(=O)=O.O=S(=O)=O.O=S(=O)=O. The monoisotopic (exact) mass is 1190 g/mol. The number of hydrogen-bond donors (Lipinski definition) is 3. The van der Waals surface area contributed by atoms with Crippen molar-refractivity contribution in [2.75, 3.05) is 86.3 Å². The van der Waals surface area contributed by atoms with Gasteiger partial charge in [0.1, 0.15) is 6.61 Å². The first-order chi connectivity index (χ1) is 39.4. The number of nitrogens with zero attached hydrogens (tertiary/aromatic N) is 8. The highest BCUT2D eigenvalue weighted by Gasteiger charge is 2.06. The number of nitrogens with two attached hydrogens (primary N) is 1. The Morgan fingerprint density at radius 3 is 1.24 bits per heavy atom. The van der Waals surface area contributed by atoms with Gasteiger partial charge in [-0.25, -0.2) is 4.79 Å². The fourth-order valence-electron chi connectivity index (χ4n) is 5.74. The molecule has 0 bridgehead atoms. The number of carbonyl (C=O) groups is 1. The highest BCUT2D eigenvalue weighted by molar-refractivity contribution is 7.59. The van der Waals surface area contributed by atoms with E-state index in [1.54, 1.807) is 12.1 Å². The number of ether oxygens (including phenoxy) is 3. The zero-order valence-electron chi connectivity index (χ0n) is 45.4. The van der Waals surface area contributed by atoms with Gasteiger partial charge in [0, 0.05) is 73.7 Å². The van der Waals surface area contributed by atoms with E-state index in [1.807, 2.05) is 140 Å². The topological polar surface area (TPSA) is 357 Å². The Balaban J connectivity index is -0.000000938. The van der Waals surface area contributed by atoms with Crippen LogP contribution in [0.15, 0.2) is 217 Å². The predicted molar refractivity (Wildman–Crippen MR) is 313 cm³/mol. The van der Waals surface area contributed by atoms with Gasteiger partial charge in [0.15, 0.2) is 17.1 Å². The van der Waals surface area contributed by atoms with Crippen molar-refractivity contribution in [3.05, 3.63) is 211 Å². The van der Waals surface area contributed by atoms with Crippen LogP contribution in [0.1, 0.15) is 20.8 Å². The van der Waals surface area contributed by atoms with Gasteiger partial charge in [0.25, 0.3) is 0 Å². The van der Waals surface area contributed by atoms with Crippen LogP contribution >= 0.6 is 0 Å². The summed E-state index contributed by atoms with van der Waals surface area (Å²) in [6.45, 7) is 19.5. The van der Waals surface area contributed by atoms with Gasteiger partial charge in [-0.2, -0.15) is 10.2 Å². The first-order valence-corrected chi connectivity index (χ1v) is 27.0. The molecule has 28 heteroatoms. The molecule has 0 amide bonds. The lowest BCUT2D eigenvalue weighted by molar-refractivity contribution is -0.137. The van der Waals surface area contributed by atoms with E-state index in [2.05, 4.69) is 88.1 Å². The minimum absolute atomic E-state index is 0.211. The lowest BCUT2D eigenvalue weighted by Crippen LogP contribution is -2.27. The van der Waals surface area contributed by atoms with E-state index < -0.39 is 37.8 Å². The van der Waals surface area contributed by atoms with Gasteiger partial charge in [-0.1, -0.05) is 104 Å². The van der Waals surface area contributed by atoms with Gasteiger partial charge in [0.2, 0.25) is 5.39 Å². The van der Waals surface area contributed by atoms with E-state index in [1.165, 1.54) is 29.1 Å². The second-order valence-corrected chi connectivity index (χ2v) is 15.7. The third kappa shape index (κ3) is 48.8. The summed E-state index contributed by atoms with van der Waals surface area (Å²) in [5, 5.41) is 33.3. The molecule has 0 radical (unpaired) electrons. The van der Waals surface area contributed by atoms with Crippen molar-refractivity contribution >= 4 is 77.6 Å². The maximum Gasteiger partial charge on any atom is 0.425 e. The Kier molecular flexibility index (Phi) is 51.3. The van der Waals surface area contributed by atoms with Crippen LogP contribution in [0.4, 0.5) is 39.8 Å². The number of carbonyl (C=O) groups excluding carboxylic acids is 1. The average Bonchev–Trinajstić information content (AvgIpc) is 3.51. The molecule has 0 unspecified atom stereocenters. The Morgan fingerprint density at radius 1 is 0.573 bits per heavy atom. The summed E-state index contributed by atoms with van der Waals surface area (Å²) >= 11 is 0. The van der Waals surface area contributed by atoms with Crippen LogP contribution in [0.5, 0.6) is 0 Å². The molecule has 0 aromatic heterocycles. The molecular formula is C54H68N9O16S3+. The highest BCUT2D eigenvalue weighted by Crippen LogP contribution is 2.22. The number of esters is 1. The Hall–Kier alpha value is -9.53. The summed E-state index contributed by atoms with van der Waals surface area (Å²) in [4.78, 5) is 28.7. The molecule has 0 aliphatic carbocycles. The maximum atomic E-state index is 11.1. The van der Waals surface area contributed by atoms with E-state index >= 15 is 0 Å². The van der Waals surface area contributed by atoms with Crippen molar-refractivity contribution in [2.24, 2.45) is 15.6 Å². The number of diazo groups is 1. The molecule has 6 aromatic carbocycles. The highest BCUT2D eigenvalue weighted by atomic mass is 32.2. The van der Waals surface area contributed by atoms with E-state index in [4.69, 9.17) is 78.4 Å². The second kappa shape index (κ2) is 54.8. The number of aliphatic hydroxyl groups excluding tert-OH is 1. The van der Waals surface area contributed by atoms with Crippen molar-refractivity contribution in [2.45, 2.75) is 20.8 Å². The first-order valence-electron chi connectivity index (χ1n) is 24.0. The number of rotatable bonds is 20. The molecule has 6 aromatic rings. The Labute approximate surface area is 482 Å². The molecule has 4 N–H and O–H groups in total. The summed E-state index contributed by atoms with van der Waals surface area (Å²) in [6.07, 6.45) is 2.55. The Morgan fingerprint density at radius 2 is 0.915 bits per heavy atom. The van der Waals surface area contributed by atoms with E-state index in [9.17, 15) is 4.79 Å². The largest absolute Gasteiger partial charge is 0.476 e. The molecule has 0 fully saturated rings. The van der Waals surface area contributed by atoms with Gasteiger partial charge in [-0.3, -0.25) is 0 Å². The van der Waals surface area contributed by atoms with Crippen molar-refractivity contribution in [1.29, 1.82) is 5.39 Å². The van der Waals surface area contributed by atoms with Crippen LogP contribution in [0, 0.1) is 10.3 Å².